The Balaban J connectivity index is 1.24. The van der Waals surface area contributed by atoms with E-state index in [0.29, 0.717) is 30.6 Å². The van der Waals surface area contributed by atoms with Crippen LogP contribution in [0.5, 0.6) is 5.75 Å². The van der Waals surface area contributed by atoms with Crippen LogP contribution >= 0.6 is 0 Å². The number of fused-ring (bicyclic) bond motifs is 1. The zero-order valence-electron chi connectivity index (χ0n) is 19.4. The highest BCUT2D eigenvalue weighted by Gasteiger charge is 2.41. The number of amides is 1. The molecule has 1 aliphatic heterocycles. The van der Waals surface area contributed by atoms with Crippen LogP contribution in [-0.2, 0) is 28.0 Å². The lowest BCUT2D eigenvalue weighted by Crippen LogP contribution is -2.45. The largest absolute Gasteiger partial charge is 0.489 e. The molecule has 1 fully saturated rings. The van der Waals surface area contributed by atoms with Crippen molar-refractivity contribution in [3.63, 3.8) is 0 Å². The third kappa shape index (κ3) is 5.12. The summed E-state index contributed by atoms with van der Waals surface area (Å²) in [5.74, 6) is -0.189. The lowest BCUT2D eigenvalue weighted by Gasteiger charge is -2.22. The van der Waals surface area contributed by atoms with Gasteiger partial charge in [-0.3, -0.25) is 4.79 Å². The molecule has 5 rings (SSSR count). The maximum absolute atomic E-state index is 13.5. The molecule has 0 unspecified atom stereocenters. The highest BCUT2D eigenvalue weighted by atomic mass is 32.2. The van der Waals surface area contributed by atoms with E-state index >= 15 is 0 Å². The zero-order valence-corrected chi connectivity index (χ0v) is 20.2. The minimum atomic E-state index is -4.07. The van der Waals surface area contributed by atoms with Gasteiger partial charge in [-0.1, -0.05) is 42.5 Å². The maximum Gasteiger partial charge on any atom is 0.277 e. The Kier molecular flexibility index (Phi) is 6.75. The van der Waals surface area contributed by atoms with Crippen LogP contribution in [0.3, 0.4) is 0 Å². The molecule has 1 N–H and O–H groups in total. The van der Waals surface area contributed by atoms with Gasteiger partial charge in [0.05, 0.1) is 0 Å². The number of carbonyl (C=O) groups is 1. The topological polar surface area (TPSA) is 88.9 Å². The van der Waals surface area contributed by atoms with E-state index in [0.717, 1.165) is 15.4 Å². The Hall–Kier alpha value is -3.69. The number of carbonyl (C=O) groups excluding carboxylic acids is 1. The normalized spacial score (nSPS) is 16.3. The zero-order chi connectivity index (χ0) is 25.1. The number of nitrogens with zero attached hydrogens (tertiary/aromatic N) is 1. The molecule has 1 aromatic heterocycles. The summed E-state index contributed by atoms with van der Waals surface area (Å²) < 4.78 is 52.5. The van der Waals surface area contributed by atoms with E-state index < -0.39 is 21.9 Å². The van der Waals surface area contributed by atoms with E-state index in [1.165, 1.54) is 24.3 Å². The molecule has 7 nitrogen and oxygen atoms in total. The van der Waals surface area contributed by atoms with Gasteiger partial charge in [-0.15, -0.1) is 0 Å². The lowest BCUT2D eigenvalue weighted by molar-refractivity contribution is -0.124. The summed E-state index contributed by atoms with van der Waals surface area (Å²) in [4.78, 5) is 13.0. The van der Waals surface area contributed by atoms with Crippen LogP contribution in [0.1, 0.15) is 24.0 Å². The molecule has 3 aromatic carbocycles. The van der Waals surface area contributed by atoms with Gasteiger partial charge in [0.2, 0.25) is 11.0 Å². The summed E-state index contributed by atoms with van der Waals surface area (Å²) in [6.45, 7) is 0.865. The Morgan fingerprint density at radius 1 is 1.03 bits per heavy atom. The van der Waals surface area contributed by atoms with Crippen molar-refractivity contribution in [3.8, 4) is 5.75 Å². The maximum atomic E-state index is 13.5. The molecule has 0 saturated carbocycles. The number of hydrogen-bond donors (Lipinski definition) is 1. The summed E-state index contributed by atoms with van der Waals surface area (Å²) in [5.41, 5.74) is 2.15. The van der Waals surface area contributed by atoms with Gasteiger partial charge in [-0.25, -0.2) is 12.8 Å². The Morgan fingerprint density at radius 3 is 2.67 bits per heavy atom. The van der Waals surface area contributed by atoms with Crippen LogP contribution in [0.25, 0.3) is 11.0 Å². The van der Waals surface area contributed by atoms with E-state index in [4.69, 9.17) is 9.15 Å². The Bertz CT molecular complexity index is 1490. The van der Waals surface area contributed by atoms with Crippen molar-refractivity contribution in [2.75, 3.05) is 6.54 Å². The molecular formula is C27H25FN2O5S. The molecule has 0 bridgehead atoms. The van der Waals surface area contributed by atoms with E-state index in [-0.39, 0.29) is 29.7 Å². The van der Waals surface area contributed by atoms with Crippen LogP contribution < -0.4 is 10.1 Å². The highest BCUT2D eigenvalue weighted by Crippen LogP contribution is 2.30. The summed E-state index contributed by atoms with van der Waals surface area (Å²) in [6.07, 6.45) is 0.954. The van der Waals surface area contributed by atoms with Gasteiger partial charge in [-0.2, -0.15) is 4.31 Å². The molecule has 0 aliphatic carbocycles. The predicted octanol–water partition coefficient (Wildman–Crippen LogP) is 4.62. The second kappa shape index (κ2) is 10.1. The van der Waals surface area contributed by atoms with Crippen molar-refractivity contribution >= 4 is 26.9 Å². The third-order valence-corrected chi connectivity index (χ3v) is 7.90. The van der Waals surface area contributed by atoms with Gasteiger partial charge >= 0.3 is 0 Å². The first-order chi connectivity index (χ1) is 17.4. The first kappa shape index (κ1) is 24.0. The fourth-order valence-electron chi connectivity index (χ4n) is 4.32. The van der Waals surface area contributed by atoms with Gasteiger partial charge in [0.1, 0.15) is 29.8 Å². The molecule has 1 amide bonds. The van der Waals surface area contributed by atoms with E-state index in [1.807, 2.05) is 54.6 Å². The first-order valence-corrected chi connectivity index (χ1v) is 13.1. The monoisotopic (exact) mass is 508 g/mol. The second-order valence-corrected chi connectivity index (χ2v) is 10.5. The minimum absolute atomic E-state index is 0.203. The first-order valence-electron chi connectivity index (χ1n) is 11.6. The predicted molar refractivity (Wildman–Crippen MR) is 132 cm³/mol. The van der Waals surface area contributed by atoms with Crippen molar-refractivity contribution in [1.82, 2.24) is 9.62 Å². The van der Waals surface area contributed by atoms with Crippen LogP contribution in [0.15, 0.2) is 88.4 Å². The number of halogens is 1. The van der Waals surface area contributed by atoms with Crippen LogP contribution in [0.2, 0.25) is 0 Å². The Morgan fingerprint density at radius 2 is 1.83 bits per heavy atom. The molecule has 2 heterocycles. The van der Waals surface area contributed by atoms with Gasteiger partial charge in [0.15, 0.2) is 0 Å². The molecular weight excluding hydrogens is 483 g/mol. The van der Waals surface area contributed by atoms with E-state index in [2.05, 4.69) is 5.32 Å². The molecule has 1 aliphatic rings. The number of rotatable bonds is 8. The van der Waals surface area contributed by atoms with Crippen molar-refractivity contribution in [2.24, 2.45) is 0 Å². The second-order valence-electron chi connectivity index (χ2n) is 8.66. The molecule has 186 valence electrons. The van der Waals surface area contributed by atoms with Crippen molar-refractivity contribution < 1.29 is 26.8 Å². The molecule has 9 heteroatoms. The number of sulfonamides is 1. The summed E-state index contributed by atoms with van der Waals surface area (Å²) in [7, 11) is -4.07. The fourth-order valence-corrected chi connectivity index (χ4v) is 5.92. The van der Waals surface area contributed by atoms with Crippen LogP contribution in [-0.4, -0.2) is 31.2 Å². The summed E-state index contributed by atoms with van der Waals surface area (Å²) >= 11 is 0. The third-order valence-electron chi connectivity index (χ3n) is 6.14. The van der Waals surface area contributed by atoms with E-state index in [9.17, 15) is 17.6 Å². The van der Waals surface area contributed by atoms with E-state index in [1.54, 1.807) is 0 Å². The molecule has 36 heavy (non-hydrogen) atoms. The van der Waals surface area contributed by atoms with Gasteiger partial charge in [0, 0.05) is 24.5 Å². The quantitative estimate of drug-likeness (QED) is 0.375. The smallest absolute Gasteiger partial charge is 0.277 e. The summed E-state index contributed by atoms with van der Waals surface area (Å²) in [6, 6.07) is 21.5. The molecule has 4 aromatic rings. The summed E-state index contributed by atoms with van der Waals surface area (Å²) in [5, 5.41) is 2.90. The fraction of sp³-hybridized carbons (Fsp3) is 0.222. The van der Waals surface area contributed by atoms with Crippen molar-refractivity contribution in [1.29, 1.82) is 0 Å². The standard InChI is InChI=1S/C27H25FN2O5S/c28-22-11-12-25-21(15-22)16-26(35-25)36(32,33)30-13-5-10-24(30)27(31)29-17-20-8-4-9-23(14-20)34-18-19-6-2-1-3-7-19/h1-4,6-9,11-12,14-16,24H,5,10,13,17-18H2,(H,29,31)/t24-/m0/s1. The number of nitrogens with one attached hydrogen (secondary N) is 1. The van der Waals surface area contributed by atoms with Crippen molar-refractivity contribution in [2.45, 2.75) is 37.1 Å². The molecule has 1 atom stereocenters. The van der Waals surface area contributed by atoms with Gasteiger partial charge in [0.25, 0.3) is 10.0 Å². The number of hydrogen-bond acceptors (Lipinski definition) is 5. The van der Waals surface area contributed by atoms with Crippen LogP contribution in [0.4, 0.5) is 4.39 Å². The average Bonchev–Trinajstić information content (AvgIpc) is 3.55. The van der Waals surface area contributed by atoms with Crippen LogP contribution in [0, 0.1) is 5.82 Å². The average molecular weight is 509 g/mol. The highest BCUT2D eigenvalue weighted by molar-refractivity contribution is 7.89. The number of furan rings is 1. The van der Waals surface area contributed by atoms with Crippen molar-refractivity contribution in [3.05, 3.63) is 95.8 Å². The number of ether oxygens (including phenoxy) is 1. The number of benzene rings is 3. The van der Waals surface area contributed by atoms with Gasteiger partial charge < -0.3 is 14.5 Å². The Labute approximate surface area is 208 Å². The molecule has 0 spiro atoms. The SMILES string of the molecule is O=C(NCc1cccc(OCc2ccccc2)c1)[C@@H]1CCCN1S(=O)(=O)c1cc2cc(F)ccc2o1. The molecule has 1 saturated heterocycles. The molecule has 0 radical (unpaired) electrons. The van der Waals surface area contributed by atoms with Gasteiger partial charge in [-0.05, 0) is 54.3 Å². The lowest BCUT2D eigenvalue weighted by atomic mass is 10.2. The minimum Gasteiger partial charge on any atom is -0.489 e.